The van der Waals surface area contributed by atoms with Gasteiger partial charge in [-0.3, -0.25) is 0 Å². The van der Waals surface area contributed by atoms with Crippen LogP contribution in [0.5, 0.6) is 0 Å². The highest BCUT2D eigenvalue weighted by Crippen LogP contribution is 2.53. The molecule has 0 atom stereocenters. The third-order valence-corrected chi connectivity index (χ3v) is 19.5. The van der Waals surface area contributed by atoms with Gasteiger partial charge in [-0.05, 0) is 158 Å². The van der Waals surface area contributed by atoms with E-state index in [1.54, 1.807) is 20.8 Å². The monoisotopic (exact) mass is 1100 g/mol. The summed E-state index contributed by atoms with van der Waals surface area (Å²) in [6, 6.07) is 0. The Labute approximate surface area is 503 Å². The average Bonchev–Trinajstić information content (AvgIpc) is 1.67. The van der Waals surface area contributed by atoms with Crippen LogP contribution in [0.15, 0.2) is 0 Å². The number of hydrogen-bond acceptors (Lipinski definition) is 0. The van der Waals surface area contributed by atoms with E-state index in [0.29, 0.717) is 40.4 Å². The smallest absolute Gasteiger partial charge is 0.171 e. The van der Waals surface area contributed by atoms with E-state index in [-0.39, 0.29) is 53.1 Å². The fraction of sp³-hybridized carbons (Fsp3) is 1.00. The summed E-state index contributed by atoms with van der Waals surface area (Å²) < 4.78 is 136. The molecule has 9 fully saturated rings. The molecular formula is C74H145F3. The maximum Gasteiger partial charge on any atom is 0.394 e. The van der Waals surface area contributed by atoms with Gasteiger partial charge in [0.15, 0.2) is 0 Å². The molecule has 0 bridgehead atoms. The zero-order valence-electron chi connectivity index (χ0n) is 68.4. The second kappa shape index (κ2) is 37.2. The third kappa shape index (κ3) is 34.2. The second-order valence-electron chi connectivity index (χ2n) is 30.5. The van der Waals surface area contributed by atoms with E-state index in [2.05, 4.69) is 69.2 Å². The normalized spacial score (nSPS) is 31.2. The quantitative estimate of drug-likeness (QED) is 0.264. The van der Waals surface area contributed by atoms with Gasteiger partial charge in [-0.2, -0.15) is 13.2 Å². The van der Waals surface area contributed by atoms with Crippen molar-refractivity contribution in [2.45, 2.75) is 401 Å². The van der Waals surface area contributed by atoms with Gasteiger partial charge in [-0.25, -0.2) is 0 Å². The first-order valence-electron chi connectivity index (χ1n) is 39.2. The molecule has 462 valence electrons. The van der Waals surface area contributed by atoms with Crippen molar-refractivity contribution in [3.8, 4) is 0 Å². The van der Waals surface area contributed by atoms with Crippen LogP contribution in [-0.2, 0) is 0 Å². The molecule has 0 amide bonds. The van der Waals surface area contributed by atoms with Crippen molar-refractivity contribution in [3.63, 3.8) is 0 Å². The summed E-state index contributed by atoms with van der Waals surface area (Å²) in [5, 5.41) is 0. The third-order valence-electron chi connectivity index (χ3n) is 19.5. The van der Waals surface area contributed by atoms with E-state index in [9.17, 15) is 13.2 Å². The summed E-state index contributed by atoms with van der Waals surface area (Å²) in [4.78, 5) is 0. The minimum absolute atomic E-state index is 0.0347. The standard InChI is InChI=1S/C12H22.C11H22.C9H18.C8H13F3.C8H16.2C7H14.C6H12.C6H14/c1-11-5-9-12(10-6-11)7-3-2-4-8-12;1-9-6-10(2,3)8-11(4,5)7-9;1-8-4-6-9(2,3)7-5-8;1-2-7(8(9,10)11)5-3-4-6-7;1-3-8(2)6-4-5-7-8;1-7-5-3-2-4-6-7;1-2-7-5-3-4-6-7;1-6-4-2-3-5-6;1-5-6(2,3)4/h11H,2-10H2,1H3;9H,6-8H2,1-5H3;8H,4-7H2,1-3H3;2-6H2,1H3;3-7H2,1-2H3;2*7H,2-6H2,1H3;6H,2-5H2,1H3;5H2,1-4H3/i11D;9D;8D;2D2;3D2;7D;2D2;6D;5D2. The van der Waals surface area contributed by atoms with Gasteiger partial charge in [0, 0.05) is 17.8 Å². The molecule has 9 saturated carbocycles. The predicted molar refractivity (Wildman–Crippen MR) is 341 cm³/mol. The summed E-state index contributed by atoms with van der Waals surface area (Å²) in [6.45, 7) is 37.9. The fourth-order valence-electron chi connectivity index (χ4n) is 13.9. The van der Waals surface area contributed by atoms with Crippen molar-refractivity contribution in [3.05, 3.63) is 0 Å². The highest BCUT2D eigenvalue weighted by molar-refractivity contribution is 4.90. The number of alkyl halides is 3. The van der Waals surface area contributed by atoms with Crippen LogP contribution in [0.2, 0.25) is 0 Å². The zero-order chi connectivity index (χ0) is 70.2. The lowest BCUT2D eigenvalue weighted by atomic mass is 9.62. The van der Waals surface area contributed by atoms with Crippen molar-refractivity contribution < 1.29 is 31.0 Å². The Morgan fingerprint density at radius 3 is 1.01 bits per heavy atom. The number of halogens is 3. The lowest BCUT2D eigenvalue weighted by molar-refractivity contribution is -0.223. The maximum atomic E-state index is 12.7. The van der Waals surface area contributed by atoms with Gasteiger partial charge in [-0.15, -0.1) is 0 Å². The summed E-state index contributed by atoms with van der Waals surface area (Å²) in [7, 11) is 0. The molecule has 0 radical (unpaired) electrons. The van der Waals surface area contributed by atoms with E-state index in [1.165, 1.54) is 122 Å². The van der Waals surface area contributed by atoms with Crippen LogP contribution in [0.1, 0.15) is 412 Å². The first-order valence-corrected chi connectivity index (χ1v) is 32.7. The molecule has 0 aromatic rings. The zero-order valence-corrected chi connectivity index (χ0v) is 55.4. The van der Waals surface area contributed by atoms with E-state index >= 15 is 0 Å². The SMILES string of the molecule is [2H]C([2H])(C)C(C)(C)C.[2H]C([2H])(C)C1(C(F)(F)F)CCCC1.[2H]C([2H])(C)C1(C)CCCC1.[2H]C([2H])(C)C1CCCC1.[2H]C1(C)CC(C)(C)CC(C)(C)C1.[2H]C1(C)CCC(C)(C)CC1.[2H]C1(C)CCC2(CCCCC2)CC1.[2H]C1(C)CCCC1.[2H]C1(C)CCCCC1. The van der Waals surface area contributed by atoms with Crippen LogP contribution in [0, 0.1) is 73.3 Å². The van der Waals surface area contributed by atoms with Gasteiger partial charge >= 0.3 is 6.18 Å². The topological polar surface area (TPSA) is 0 Å². The van der Waals surface area contributed by atoms with Gasteiger partial charge in [0.2, 0.25) is 0 Å². The molecule has 3 heteroatoms. The highest BCUT2D eigenvalue weighted by atomic mass is 19.4. The molecule has 77 heavy (non-hydrogen) atoms. The molecule has 1 spiro atoms. The molecule has 0 heterocycles. The fourth-order valence-corrected chi connectivity index (χ4v) is 13.9. The van der Waals surface area contributed by atoms with E-state index in [1.807, 2.05) is 34.6 Å². The summed E-state index contributed by atoms with van der Waals surface area (Å²) >= 11 is 0. The molecule has 0 aromatic carbocycles. The van der Waals surface area contributed by atoms with Gasteiger partial charge in [0.25, 0.3) is 0 Å². The maximum absolute atomic E-state index is 12.7. The molecular weight excluding hydrogens is 946 g/mol. The van der Waals surface area contributed by atoms with Crippen LogP contribution in [-0.4, -0.2) is 6.18 Å². The molecule has 9 aliphatic carbocycles. The minimum Gasteiger partial charge on any atom is -0.171 e. The van der Waals surface area contributed by atoms with Gasteiger partial charge in [0.1, 0.15) is 0 Å². The first-order chi connectivity index (χ1) is 40.1. The molecule has 0 aliphatic heterocycles. The number of rotatable bonds is 3. The summed E-state index contributed by atoms with van der Waals surface area (Å²) in [5.74, 6) is -0.195. The Morgan fingerprint density at radius 2 is 0.740 bits per heavy atom. The van der Waals surface area contributed by atoms with Crippen molar-refractivity contribution in [2.75, 3.05) is 0 Å². The van der Waals surface area contributed by atoms with Crippen LogP contribution >= 0.6 is 0 Å². The predicted octanol–water partition coefficient (Wildman–Crippen LogP) is 27.5. The van der Waals surface area contributed by atoms with Gasteiger partial charge in [-0.1, -0.05) is 305 Å². The van der Waals surface area contributed by atoms with Gasteiger partial charge < -0.3 is 0 Å². The average molecular weight is 1110 g/mol. The molecule has 0 nitrogen and oxygen atoms in total. The largest absolute Gasteiger partial charge is 0.394 e. The van der Waals surface area contributed by atoms with Crippen LogP contribution in [0.25, 0.3) is 0 Å². The van der Waals surface area contributed by atoms with Crippen molar-refractivity contribution >= 4 is 0 Å². The van der Waals surface area contributed by atoms with E-state index in [0.717, 1.165) is 96.8 Å². The highest BCUT2D eigenvalue weighted by Gasteiger charge is 2.54. The molecule has 9 rings (SSSR count). The molecule has 0 aromatic heterocycles. The first kappa shape index (κ1) is 54.7. The van der Waals surface area contributed by atoms with Crippen LogP contribution in [0.3, 0.4) is 0 Å². The Bertz CT molecular complexity index is 1850. The summed E-state index contributed by atoms with van der Waals surface area (Å²) in [6.07, 6.45) is 31.7. The number of hydrogen-bond donors (Lipinski definition) is 0. The van der Waals surface area contributed by atoms with Crippen LogP contribution < -0.4 is 0 Å². The lowest BCUT2D eigenvalue weighted by Crippen LogP contribution is -2.34. The Hall–Kier alpha value is -0.210. The Balaban J connectivity index is 0.000000510. The lowest BCUT2D eigenvalue weighted by Gasteiger charge is -2.44. The summed E-state index contributed by atoms with van der Waals surface area (Å²) in [5.41, 5.74) is -0.435. The van der Waals surface area contributed by atoms with E-state index < -0.39 is 37.1 Å². The van der Waals surface area contributed by atoms with Crippen molar-refractivity contribution in [1.82, 2.24) is 0 Å². The minimum atomic E-state index is -4.41. The molecule has 0 unspecified atom stereocenters. The molecule has 0 saturated heterocycles. The second-order valence-corrected chi connectivity index (χ2v) is 30.5. The Kier molecular flexibility index (Phi) is 26.4. The van der Waals surface area contributed by atoms with Crippen molar-refractivity contribution in [2.24, 2.45) is 73.3 Å². The van der Waals surface area contributed by atoms with Crippen LogP contribution in [0.4, 0.5) is 13.2 Å². The van der Waals surface area contributed by atoms with Gasteiger partial charge in [0.05, 0.1) is 5.41 Å². The molecule has 0 N–H and O–H groups in total. The molecule has 9 aliphatic rings. The Morgan fingerprint density at radius 1 is 0.403 bits per heavy atom. The van der Waals surface area contributed by atoms with E-state index in [4.69, 9.17) is 17.8 Å². The van der Waals surface area contributed by atoms with Crippen molar-refractivity contribution in [1.29, 1.82) is 0 Å².